The van der Waals surface area contributed by atoms with Crippen molar-refractivity contribution in [2.45, 2.75) is 20.0 Å². The predicted octanol–water partition coefficient (Wildman–Crippen LogP) is 3.10. The molecule has 0 N–H and O–H groups in total. The van der Waals surface area contributed by atoms with Crippen molar-refractivity contribution in [3.05, 3.63) is 64.3 Å². The van der Waals surface area contributed by atoms with Crippen molar-refractivity contribution in [3.63, 3.8) is 0 Å². The highest BCUT2D eigenvalue weighted by Crippen LogP contribution is 2.25. The van der Waals surface area contributed by atoms with Gasteiger partial charge in [0.1, 0.15) is 11.5 Å². The van der Waals surface area contributed by atoms with E-state index in [-0.39, 0.29) is 16.5 Å². The Bertz CT molecular complexity index is 1000. The molecule has 1 amide bonds. The van der Waals surface area contributed by atoms with Gasteiger partial charge in [-0.25, -0.2) is 4.39 Å². The summed E-state index contributed by atoms with van der Waals surface area (Å²) in [5.41, 5.74) is 2.08. The lowest BCUT2D eigenvalue weighted by Crippen LogP contribution is -2.38. The zero-order valence-corrected chi connectivity index (χ0v) is 14.7. The first-order valence-electron chi connectivity index (χ1n) is 8.13. The third-order valence-electron chi connectivity index (χ3n) is 4.42. The Labute approximate surface area is 154 Å². The Balaban J connectivity index is 1.61. The van der Waals surface area contributed by atoms with Crippen LogP contribution in [0.2, 0.25) is 5.02 Å². The number of pyridine rings is 1. The minimum absolute atomic E-state index is 0.104. The van der Waals surface area contributed by atoms with Crippen LogP contribution in [0, 0.1) is 12.7 Å². The normalized spacial score (nSPS) is 13.6. The fourth-order valence-corrected chi connectivity index (χ4v) is 3.31. The number of hydrogen-bond acceptors (Lipinski definition) is 4. The van der Waals surface area contributed by atoms with Crippen LogP contribution < -0.4 is 0 Å². The van der Waals surface area contributed by atoms with Gasteiger partial charge in [0, 0.05) is 19.3 Å². The van der Waals surface area contributed by atoms with E-state index < -0.39 is 5.82 Å². The van der Waals surface area contributed by atoms with Gasteiger partial charge in [-0.15, -0.1) is 10.2 Å². The monoisotopic (exact) mass is 371 g/mol. The third-order valence-corrected chi connectivity index (χ3v) is 4.74. The van der Waals surface area contributed by atoms with E-state index in [0.717, 1.165) is 17.3 Å². The molecule has 0 unspecified atom stereocenters. The zero-order chi connectivity index (χ0) is 18.3. The van der Waals surface area contributed by atoms with E-state index in [1.807, 2.05) is 23.6 Å². The quantitative estimate of drug-likeness (QED) is 0.694. The van der Waals surface area contributed by atoms with E-state index in [0.29, 0.717) is 31.3 Å². The standard InChI is InChI=1S/C18H15ClFN5O/c1-11-3-2-6-21-16(11)17-23-22-15-10-24(7-8-25(15)17)18(26)13-5-4-12(20)9-14(13)19/h2-6,9H,7-8,10H2,1H3. The highest BCUT2D eigenvalue weighted by molar-refractivity contribution is 6.33. The number of nitrogens with zero attached hydrogens (tertiary/aromatic N) is 5. The van der Waals surface area contributed by atoms with Crippen LogP contribution in [0.15, 0.2) is 36.5 Å². The number of hydrogen-bond donors (Lipinski definition) is 0. The lowest BCUT2D eigenvalue weighted by atomic mass is 10.1. The maximum absolute atomic E-state index is 13.2. The van der Waals surface area contributed by atoms with Crippen molar-refractivity contribution in [2.24, 2.45) is 0 Å². The largest absolute Gasteiger partial charge is 0.329 e. The maximum atomic E-state index is 13.2. The van der Waals surface area contributed by atoms with E-state index in [2.05, 4.69) is 15.2 Å². The molecule has 0 radical (unpaired) electrons. The van der Waals surface area contributed by atoms with Gasteiger partial charge in [-0.2, -0.15) is 0 Å². The van der Waals surface area contributed by atoms with Crippen LogP contribution in [0.4, 0.5) is 4.39 Å². The van der Waals surface area contributed by atoms with Gasteiger partial charge in [0.2, 0.25) is 0 Å². The SMILES string of the molecule is Cc1cccnc1-c1nnc2n1CCN(C(=O)c1ccc(F)cc1Cl)C2. The van der Waals surface area contributed by atoms with Crippen molar-refractivity contribution in [1.82, 2.24) is 24.6 Å². The Kier molecular flexibility index (Phi) is 4.16. The average Bonchev–Trinajstić information content (AvgIpc) is 3.04. The van der Waals surface area contributed by atoms with Gasteiger partial charge >= 0.3 is 0 Å². The van der Waals surface area contributed by atoms with E-state index in [1.54, 1.807) is 11.1 Å². The molecule has 8 heteroatoms. The Morgan fingerprint density at radius 1 is 1.23 bits per heavy atom. The van der Waals surface area contributed by atoms with Gasteiger partial charge < -0.3 is 9.47 Å². The molecule has 0 saturated carbocycles. The van der Waals surface area contributed by atoms with Gasteiger partial charge in [-0.3, -0.25) is 9.78 Å². The Morgan fingerprint density at radius 3 is 2.85 bits per heavy atom. The number of aryl methyl sites for hydroxylation is 1. The van der Waals surface area contributed by atoms with Gasteiger partial charge in [-0.1, -0.05) is 17.7 Å². The van der Waals surface area contributed by atoms with E-state index in [1.165, 1.54) is 12.1 Å². The summed E-state index contributed by atoms with van der Waals surface area (Å²) >= 11 is 6.02. The molecule has 26 heavy (non-hydrogen) atoms. The summed E-state index contributed by atoms with van der Waals surface area (Å²) in [5, 5.41) is 8.59. The summed E-state index contributed by atoms with van der Waals surface area (Å²) in [5.74, 6) is 0.660. The predicted molar refractivity (Wildman–Crippen MR) is 94.1 cm³/mol. The van der Waals surface area contributed by atoms with E-state index in [4.69, 9.17) is 11.6 Å². The molecule has 1 aliphatic rings. The average molecular weight is 372 g/mol. The molecule has 0 atom stereocenters. The first-order chi connectivity index (χ1) is 12.5. The second-order valence-electron chi connectivity index (χ2n) is 6.11. The van der Waals surface area contributed by atoms with Crippen LogP contribution in [0.3, 0.4) is 0 Å². The van der Waals surface area contributed by atoms with E-state index in [9.17, 15) is 9.18 Å². The fourth-order valence-electron chi connectivity index (χ4n) is 3.06. The summed E-state index contributed by atoms with van der Waals surface area (Å²) < 4.78 is 15.2. The molecule has 0 spiro atoms. The Morgan fingerprint density at radius 2 is 2.08 bits per heavy atom. The van der Waals surface area contributed by atoms with Crippen molar-refractivity contribution >= 4 is 17.5 Å². The van der Waals surface area contributed by atoms with Crippen LogP contribution in [0.5, 0.6) is 0 Å². The minimum atomic E-state index is -0.472. The van der Waals surface area contributed by atoms with Crippen LogP contribution in [0.25, 0.3) is 11.5 Å². The van der Waals surface area contributed by atoms with Gasteiger partial charge in [0.15, 0.2) is 11.6 Å². The van der Waals surface area contributed by atoms with E-state index >= 15 is 0 Å². The molecular formula is C18H15ClFN5O. The van der Waals surface area contributed by atoms with Gasteiger partial charge in [0.05, 0.1) is 17.1 Å². The number of fused-ring (bicyclic) bond motifs is 1. The molecule has 3 heterocycles. The number of aromatic nitrogens is 4. The molecule has 0 bridgehead atoms. The molecule has 2 aromatic heterocycles. The first-order valence-corrected chi connectivity index (χ1v) is 8.51. The summed E-state index contributed by atoms with van der Waals surface area (Å²) in [6, 6.07) is 7.62. The number of halogens is 2. The van der Waals surface area contributed by atoms with Crippen molar-refractivity contribution < 1.29 is 9.18 Å². The summed E-state index contributed by atoms with van der Waals surface area (Å²) in [7, 11) is 0. The summed E-state index contributed by atoms with van der Waals surface area (Å²) in [6.07, 6.45) is 1.72. The molecule has 1 aliphatic heterocycles. The van der Waals surface area contributed by atoms with Crippen molar-refractivity contribution in [2.75, 3.05) is 6.54 Å². The van der Waals surface area contributed by atoms with Gasteiger partial charge in [-0.05, 0) is 36.8 Å². The molecule has 6 nitrogen and oxygen atoms in total. The van der Waals surface area contributed by atoms with Crippen LogP contribution >= 0.6 is 11.6 Å². The molecule has 0 fully saturated rings. The lowest BCUT2D eigenvalue weighted by Gasteiger charge is -2.28. The van der Waals surface area contributed by atoms with Crippen molar-refractivity contribution in [1.29, 1.82) is 0 Å². The summed E-state index contributed by atoms with van der Waals surface area (Å²) in [6.45, 7) is 3.32. The maximum Gasteiger partial charge on any atom is 0.255 e. The van der Waals surface area contributed by atoms with Crippen LogP contribution in [-0.2, 0) is 13.1 Å². The number of rotatable bonds is 2. The van der Waals surface area contributed by atoms with Gasteiger partial charge in [0.25, 0.3) is 5.91 Å². The number of benzene rings is 1. The molecule has 132 valence electrons. The molecule has 1 aromatic carbocycles. The molecule has 0 aliphatic carbocycles. The first kappa shape index (κ1) is 16.7. The van der Waals surface area contributed by atoms with Crippen molar-refractivity contribution in [3.8, 4) is 11.5 Å². The Hall–Kier alpha value is -2.80. The molecule has 0 saturated heterocycles. The lowest BCUT2D eigenvalue weighted by molar-refractivity contribution is 0.0708. The number of carbonyl (C=O) groups is 1. The summed E-state index contributed by atoms with van der Waals surface area (Å²) in [4.78, 5) is 18.8. The molecule has 4 rings (SSSR count). The molecular weight excluding hydrogens is 357 g/mol. The highest BCUT2D eigenvalue weighted by atomic mass is 35.5. The highest BCUT2D eigenvalue weighted by Gasteiger charge is 2.27. The topological polar surface area (TPSA) is 63.9 Å². The third kappa shape index (κ3) is 2.84. The zero-order valence-electron chi connectivity index (χ0n) is 14.0. The minimum Gasteiger partial charge on any atom is -0.329 e. The smallest absolute Gasteiger partial charge is 0.255 e. The van der Waals surface area contributed by atoms with Crippen LogP contribution in [0.1, 0.15) is 21.7 Å². The second-order valence-corrected chi connectivity index (χ2v) is 6.52. The fraction of sp³-hybridized carbons (Fsp3) is 0.222. The number of carbonyl (C=O) groups excluding carboxylic acids is 1. The second kappa shape index (κ2) is 6.49. The number of amides is 1. The molecule has 3 aromatic rings. The van der Waals surface area contributed by atoms with Crippen LogP contribution in [-0.4, -0.2) is 37.1 Å².